The van der Waals surface area contributed by atoms with Crippen molar-refractivity contribution in [3.63, 3.8) is 0 Å². The lowest BCUT2D eigenvalue weighted by Gasteiger charge is -2.33. The second kappa shape index (κ2) is 6.21. The summed E-state index contributed by atoms with van der Waals surface area (Å²) < 4.78 is 8.64. The highest BCUT2D eigenvalue weighted by molar-refractivity contribution is 5.79. The molecule has 4 aromatic rings. The Balaban J connectivity index is 1.57. The van der Waals surface area contributed by atoms with Crippen molar-refractivity contribution in [3.05, 3.63) is 65.6 Å². The number of methoxy groups -OCH3 is 1. The predicted octanol–water partition coefficient (Wildman–Crippen LogP) is 1.37. The molecule has 148 valence electrons. The summed E-state index contributed by atoms with van der Waals surface area (Å²) in [7, 11) is 1.63. The molecule has 10 heteroatoms. The second-order valence-electron chi connectivity index (χ2n) is 7.20. The van der Waals surface area contributed by atoms with Gasteiger partial charge in [-0.2, -0.15) is 0 Å². The number of benzene rings is 2. The Morgan fingerprint density at radius 3 is 2.67 bits per heavy atom. The van der Waals surface area contributed by atoms with E-state index < -0.39 is 0 Å². The van der Waals surface area contributed by atoms with E-state index in [9.17, 15) is 4.79 Å². The van der Waals surface area contributed by atoms with Crippen molar-refractivity contribution in [2.75, 3.05) is 7.11 Å². The number of tetrazole rings is 1. The zero-order chi connectivity index (χ0) is 20.2. The van der Waals surface area contributed by atoms with Gasteiger partial charge in [0.05, 0.1) is 25.0 Å². The summed E-state index contributed by atoms with van der Waals surface area (Å²) in [6.07, 6.45) is 0. The van der Waals surface area contributed by atoms with Gasteiger partial charge in [-0.3, -0.25) is 4.79 Å². The summed E-state index contributed by atoms with van der Waals surface area (Å²) >= 11 is 0. The van der Waals surface area contributed by atoms with E-state index in [4.69, 9.17) is 4.74 Å². The van der Waals surface area contributed by atoms with Crippen molar-refractivity contribution in [2.45, 2.75) is 19.1 Å². The number of amides is 1. The Hall–Kier alpha value is -4.08. The van der Waals surface area contributed by atoms with E-state index in [0.29, 0.717) is 12.4 Å². The lowest BCUT2D eigenvalue weighted by molar-refractivity contribution is -0.136. The summed E-state index contributed by atoms with van der Waals surface area (Å²) in [5.41, 5.74) is 4.24. The third-order valence-corrected chi connectivity index (χ3v) is 5.63. The summed E-state index contributed by atoms with van der Waals surface area (Å²) in [6, 6.07) is 15.1. The normalized spacial score (nSPS) is 16.9. The largest absolute Gasteiger partial charge is 0.497 e. The summed E-state index contributed by atoms with van der Waals surface area (Å²) in [5.74, 6) is 1.36. The standard InChI is InChI=1S/C20H16N8O2/c1-30-13-8-6-12(7-9-13)18-16-10-26-17(29)11-27-20(22-23-25-27)19(26)14-4-2-3-5-15(14)28(16)24-21-18/h2-9,19H,10-11H2,1H3. The highest BCUT2D eigenvalue weighted by Gasteiger charge is 2.41. The third kappa shape index (κ3) is 2.30. The topological polar surface area (TPSA) is 104 Å². The van der Waals surface area contributed by atoms with E-state index in [0.717, 1.165) is 34.0 Å². The van der Waals surface area contributed by atoms with Crippen LogP contribution in [0, 0.1) is 0 Å². The zero-order valence-corrected chi connectivity index (χ0v) is 16.0. The van der Waals surface area contributed by atoms with Crippen LogP contribution in [-0.4, -0.2) is 53.1 Å². The molecule has 0 N–H and O–H groups in total. The quantitative estimate of drug-likeness (QED) is 0.501. The molecule has 0 fully saturated rings. The fourth-order valence-corrected chi connectivity index (χ4v) is 4.19. The molecular weight excluding hydrogens is 384 g/mol. The second-order valence-corrected chi connectivity index (χ2v) is 7.20. The number of hydrogen-bond acceptors (Lipinski definition) is 7. The maximum Gasteiger partial charge on any atom is 0.245 e. The molecule has 0 saturated heterocycles. The Bertz CT molecular complexity index is 1280. The van der Waals surface area contributed by atoms with E-state index in [1.54, 1.807) is 16.7 Å². The average molecular weight is 400 g/mol. The smallest absolute Gasteiger partial charge is 0.245 e. The Morgan fingerprint density at radius 2 is 1.83 bits per heavy atom. The molecule has 0 radical (unpaired) electrons. The van der Waals surface area contributed by atoms with E-state index >= 15 is 0 Å². The minimum Gasteiger partial charge on any atom is -0.497 e. The van der Waals surface area contributed by atoms with Crippen LogP contribution < -0.4 is 4.74 Å². The van der Waals surface area contributed by atoms with Gasteiger partial charge in [0.15, 0.2) is 5.82 Å². The maximum absolute atomic E-state index is 13.1. The molecular formula is C20H16N8O2. The third-order valence-electron chi connectivity index (χ3n) is 5.63. The van der Waals surface area contributed by atoms with Crippen molar-refractivity contribution in [1.82, 2.24) is 40.1 Å². The predicted molar refractivity (Wildman–Crippen MR) is 104 cm³/mol. The van der Waals surface area contributed by atoms with Crippen LogP contribution in [0.5, 0.6) is 5.75 Å². The van der Waals surface area contributed by atoms with Gasteiger partial charge in [-0.25, -0.2) is 9.36 Å². The van der Waals surface area contributed by atoms with Gasteiger partial charge in [-0.1, -0.05) is 23.4 Å². The first kappa shape index (κ1) is 16.8. The molecule has 1 amide bonds. The van der Waals surface area contributed by atoms with Gasteiger partial charge in [0.1, 0.15) is 24.0 Å². The first-order chi connectivity index (χ1) is 14.7. The SMILES string of the molecule is COc1ccc(-c2nnn3c2CN2C(=O)Cn4nnnc4C2c2ccccc2-3)cc1. The van der Waals surface area contributed by atoms with E-state index in [-0.39, 0.29) is 18.5 Å². The Morgan fingerprint density at radius 1 is 1.00 bits per heavy atom. The summed E-state index contributed by atoms with van der Waals surface area (Å²) in [5, 5.41) is 20.9. The fraction of sp³-hybridized carbons (Fsp3) is 0.200. The minimum absolute atomic E-state index is 0.0510. The molecule has 6 rings (SSSR count). The van der Waals surface area contributed by atoms with Gasteiger partial charge in [-0.15, -0.1) is 10.2 Å². The molecule has 1 unspecified atom stereocenters. The first-order valence-corrected chi connectivity index (χ1v) is 9.48. The Labute approximate surface area is 170 Å². The van der Waals surface area contributed by atoms with Crippen molar-refractivity contribution in [1.29, 1.82) is 0 Å². The monoisotopic (exact) mass is 400 g/mol. The molecule has 2 aliphatic heterocycles. The van der Waals surface area contributed by atoms with Crippen LogP contribution in [-0.2, 0) is 17.9 Å². The van der Waals surface area contributed by atoms with E-state index in [2.05, 4.69) is 25.8 Å². The number of fused-ring (bicyclic) bond motifs is 7. The van der Waals surface area contributed by atoms with Crippen LogP contribution in [0.3, 0.4) is 0 Å². The molecule has 2 aromatic carbocycles. The molecule has 4 heterocycles. The van der Waals surface area contributed by atoms with Crippen molar-refractivity contribution >= 4 is 5.91 Å². The van der Waals surface area contributed by atoms with Gasteiger partial charge in [0.25, 0.3) is 0 Å². The zero-order valence-electron chi connectivity index (χ0n) is 16.0. The van der Waals surface area contributed by atoms with Gasteiger partial charge in [-0.05, 0) is 40.8 Å². The van der Waals surface area contributed by atoms with Gasteiger partial charge < -0.3 is 9.64 Å². The number of rotatable bonds is 2. The fourth-order valence-electron chi connectivity index (χ4n) is 4.19. The van der Waals surface area contributed by atoms with Crippen LogP contribution in [0.1, 0.15) is 23.1 Å². The molecule has 2 aromatic heterocycles. The maximum atomic E-state index is 13.1. The van der Waals surface area contributed by atoms with Gasteiger partial charge in [0, 0.05) is 11.1 Å². The summed E-state index contributed by atoms with van der Waals surface area (Å²) in [6.45, 7) is 0.458. The lowest BCUT2D eigenvalue weighted by Crippen LogP contribution is -2.43. The highest BCUT2D eigenvalue weighted by Crippen LogP contribution is 2.39. The van der Waals surface area contributed by atoms with Crippen molar-refractivity contribution in [3.8, 4) is 22.7 Å². The minimum atomic E-state index is -0.386. The summed E-state index contributed by atoms with van der Waals surface area (Å²) in [4.78, 5) is 14.9. The van der Waals surface area contributed by atoms with Crippen molar-refractivity contribution in [2.24, 2.45) is 0 Å². The van der Waals surface area contributed by atoms with Crippen LogP contribution in [0.4, 0.5) is 0 Å². The number of ether oxygens (including phenoxy) is 1. The van der Waals surface area contributed by atoms with Gasteiger partial charge in [0.2, 0.25) is 5.91 Å². The number of aromatic nitrogens is 7. The number of carbonyl (C=O) groups is 1. The average Bonchev–Trinajstić information content (AvgIpc) is 3.38. The van der Waals surface area contributed by atoms with E-state index in [1.807, 2.05) is 53.2 Å². The highest BCUT2D eigenvalue weighted by atomic mass is 16.5. The van der Waals surface area contributed by atoms with Crippen LogP contribution in [0.15, 0.2) is 48.5 Å². The first-order valence-electron chi connectivity index (χ1n) is 9.48. The van der Waals surface area contributed by atoms with Crippen LogP contribution in [0.25, 0.3) is 16.9 Å². The molecule has 2 aliphatic rings. The van der Waals surface area contributed by atoms with Crippen molar-refractivity contribution < 1.29 is 9.53 Å². The lowest BCUT2D eigenvalue weighted by atomic mass is 10.0. The number of carbonyl (C=O) groups excluding carboxylic acids is 1. The number of hydrogen-bond donors (Lipinski definition) is 0. The molecule has 30 heavy (non-hydrogen) atoms. The van der Waals surface area contributed by atoms with Crippen LogP contribution >= 0.6 is 0 Å². The molecule has 0 saturated carbocycles. The molecule has 0 spiro atoms. The Kier molecular flexibility index (Phi) is 3.48. The van der Waals surface area contributed by atoms with Crippen LogP contribution in [0.2, 0.25) is 0 Å². The molecule has 10 nitrogen and oxygen atoms in total. The van der Waals surface area contributed by atoms with Gasteiger partial charge >= 0.3 is 0 Å². The molecule has 0 aliphatic carbocycles. The number of para-hydroxylation sites is 1. The number of nitrogens with zero attached hydrogens (tertiary/aromatic N) is 8. The van der Waals surface area contributed by atoms with E-state index in [1.165, 1.54) is 0 Å². The molecule has 0 bridgehead atoms. The molecule has 1 atom stereocenters.